The highest BCUT2D eigenvalue weighted by atomic mass is 79.9. The maximum Gasteiger partial charge on any atom is 0.131 e. The van der Waals surface area contributed by atoms with Crippen LogP contribution in [0.15, 0.2) is 22.7 Å². The van der Waals surface area contributed by atoms with Gasteiger partial charge in [0.25, 0.3) is 0 Å². The maximum atomic E-state index is 6.20. The average Bonchev–Trinajstić information content (AvgIpc) is 2.65. The minimum Gasteiger partial charge on any atom is -0.487 e. The summed E-state index contributed by atoms with van der Waals surface area (Å²) in [5, 5.41) is 4.92. The van der Waals surface area contributed by atoms with E-state index in [-0.39, 0.29) is 0 Å². The molecule has 0 aliphatic rings. The van der Waals surface area contributed by atoms with E-state index in [0.29, 0.717) is 18.2 Å². The highest BCUT2D eigenvalue weighted by Gasteiger charge is 2.12. The van der Waals surface area contributed by atoms with Crippen LogP contribution in [0.3, 0.4) is 0 Å². The molecule has 0 saturated heterocycles. The third-order valence-electron chi connectivity index (χ3n) is 3.07. The van der Waals surface area contributed by atoms with E-state index in [4.69, 9.17) is 22.1 Å². The van der Waals surface area contributed by atoms with Crippen LogP contribution in [0.2, 0.25) is 5.02 Å². The van der Waals surface area contributed by atoms with Gasteiger partial charge in [0.1, 0.15) is 12.4 Å². The molecule has 6 heteroatoms. The Kier molecular flexibility index (Phi) is 5.07. The first kappa shape index (κ1) is 15.4. The first-order valence-corrected chi connectivity index (χ1v) is 7.49. The minimum atomic E-state index is 0.389. The number of ether oxygens (including phenoxy) is 1. The molecule has 0 saturated carbocycles. The summed E-state index contributed by atoms with van der Waals surface area (Å²) in [6.07, 6.45) is 0.809. The molecular formula is C14H17BrClN3O. The molecule has 0 atom stereocenters. The number of nitrogens with zero attached hydrogens (tertiary/aromatic N) is 2. The van der Waals surface area contributed by atoms with Gasteiger partial charge in [-0.05, 0) is 43.7 Å². The zero-order valence-corrected chi connectivity index (χ0v) is 13.8. The summed E-state index contributed by atoms with van der Waals surface area (Å²) in [6, 6.07) is 5.88. The molecule has 0 fully saturated rings. The molecule has 0 bridgehead atoms. The Labute approximate surface area is 132 Å². The van der Waals surface area contributed by atoms with E-state index in [9.17, 15) is 0 Å². The summed E-state index contributed by atoms with van der Waals surface area (Å²) < 4.78 is 8.60. The van der Waals surface area contributed by atoms with Crippen LogP contribution < -0.4 is 10.5 Å². The average molecular weight is 359 g/mol. The highest BCUT2D eigenvalue weighted by molar-refractivity contribution is 9.10. The molecule has 0 aliphatic heterocycles. The Balaban J connectivity index is 2.13. The van der Waals surface area contributed by atoms with Gasteiger partial charge in [-0.3, -0.25) is 4.68 Å². The Morgan fingerprint density at radius 3 is 2.80 bits per heavy atom. The summed E-state index contributed by atoms with van der Waals surface area (Å²) >= 11 is 9.71. The molecule has 2 rings (SSSR count). The van der Waals surface area contributed by atoms with Crippen molar-refractivity contribution in [1.29, 1.82) is 0 Å². The van der Waals surface area contributed by atoms with Gasteiger partial charge in [-0.25, -0.2) is 0 Å². The van der Waals surface area contributed by atoms with E-state index in [1.54, 1.807) is 4.68 Å². The lowest BCUT2D eigenvalue weighted by molar-refractivity contribution is 0.294. The topological polar surface area (TPSA) is 53.1 Å². The van der Waals surface area contributed by atoms with Crippen LogP contribution in [0.5, 0.6) is 5.75 Å². The van der Waals surface area contributed by atoms with Gasteiger partial charge in [-0.2, -0.15) is 5.10 Å². The molecular weight excluding hydrogens is 342 g/mol. The van der Waals surface area contributed by atoms with Crippen LogP contribution in [-0.2, 0) is 20.1 Å². The second kappa shape index (κ2) is 6.61. The molecule has 20 heavy (non-hydrogen) atoms. The van der Waals surface area contributed by atoms with Gasteiger partial charge in [0.05, 0.1) is 16.4 Å². The number of hydrogen-bond donors (Lipinski definition) is 1. The molecule has 1 aromatic heterocycles. The predicted molar refractivity (Wildman–Crippen MR) is 84.2 cm³/mol. The van der Waals surface area contributed by atoms with Crippen LogP contribution in [0, 0.1) is 6.92 Å². The largest absolute Gasteiger partial charge is 0.487 e. The number of rotatable bonds is 5. The smallest absolute Gasteiger partial charge is 0.131 e. The number of halogens is 2. The van der Waals surface area contributed by atoms with Gasteiger partial charge < -0.3 is 10.5 Å². The van der Waals surface area contributed by atoms with Crippen LogP contribution in [0.4, 0.5) is 0 Å². The van der Waals surface area contributed by atoms with E-state index in [1.807, 2.05) is 32.2 Å². The molecule has 4 nitrogen and oxygen atoms in total. The molecule has 0 unspecified atom stereocenters. The summed E-state index contributed by atoms with van der Waals surface area (Å²) in [6.45, 7) is 2.87. The van der Waals surface area contributed by atoms with Gasteiger partial charge >= 0.3 is 0 Å². The lowest BCUT2D eigenvalue weighted by Gasteiger charge is -2.10. The lowest BCUT2D eigenvalue weighted by Crippen LogP contribution is -2.05. The Morgan fingerprint density at radius 1 is 1.45 bits per heavy atom. The van der Waals surface area contributed by atoms with Crippen LogP contribution in [-0.4, -0.2) is 16.3 Å². The number of nitrogens with two attached hydrogens (primary N) is 1. The normalized spacial score (nSPS) is 10.8. The molecule has 0 aliphatic carbocycles. The van der Waals surface area contributed by atoms with Gasteiger partial charge in [0, 0.05) is 11.5 Å². The van der Waals surface area contributed by atoms with E-state index < -0.39 is 0 Å². The number of aromatic nitrogens is 2. The zero-order valence-electron chi connectivity index (χ0n) is 11.5. The van der Waals surface area contributed by atoms with Crippen LogP contribution >= 0.6 is 27.5 Å². The fraction of sp³-hybridized carbons (Fsp3) is 0.357. The standard InChI is InChI=1S/C14H17BrClN3O/c1-9-14(16)13(19(2)18-9)8-20-11-3-4-12(15)10(7-11)5-6-17/h3-4,7H,5-6,8,17H2,1-2H3. The van der Waals surface area contributed by atoms with E-state index in [0.717, 1.165) is 33.6 Å². The van der Waals surface area contributed by atoms with E-state index >= 15 is 0 Å². The van der Waals surface area contributed by atoms with E-state index in [1.165, 1.54) is 0 Å². The molecule has 0 radical (unpaired) electrons. The van der Waals surface area contributed by atoms with Crippen molar-refractivity contribution in [1.82, 2.24) is 9.78 Å². The van der Waals surface area contributed by atoms with Crippen molar-refractivity contribution in [3.05, 3.63) is 44.6 Å². The molecule has 2 N–H and O–H groups in total. The zero-order chi connectivity index (χ0) is 14.7. The fourth-order valence-electron chi connectivity index (χ4n) is 1.98. The quantitative estimate of drug-likeness (QED) is 0.893. The first-order chi connectivity index (χ1) is 9.52. The molecule has 2 aromatic rings. The minimum absolute atomic E-state index is 0.389. The molecule has 0 spiro atoms. The van der Waals surface area contributed by atoms with Crippen molar-refractivity contribution in [2.45, 2.75) is 20.0 Å². The van der Waals surface area contributed by atoms with Crippen molar-refractivity contribution in [2.24, 2.45) is 12.8 Å². The van der Waals surface area contributed by atoms with Crippen LogP contribution in [0.25, 0.3) is 0 Å². The monoisotopic (exact) mass is 357 g/mol. The Hall–Kier alpha value is -1.04. The van der Waals surface area contributed by atoms with Crippen molar-refractivity contribution >= 4 is 27.5 Å². The van der Waals surface area contributed by atoms with Crippen molar-refractivity contribution < 1.29 is 4.74 Å². The van der Waals surface area contributed by atoms with Gasteiger partial charge in [0.15, 0.2) is 0 Å². The van der Waals surface area contributed by atoms with Gasteiger partial charge in [0.2, 0.25) is 0 Å². The summed E-state index contributed by atoms with van der Waals surface area (Å²) in [5.41, 5.74) is 8.41. The SMILES string of the molecule is Cc1nn(C)c(COc2ccc(Br)c(CCN)c2)c1Cl. The molecule has 108 valence electrons. The molecule has 1 heterocycles. The first-order valence-electron chi connectivity index (χ1n) is 6.32. The highest BCUT2D eigenvalue weighted by Crippen LogP contribution is 2.25. The van der Waals surface area contributed by atoms with E-state index in [2.05, 4.69) is 21.0 Å². The summed E-state index contributed by atoms with van der Waals surface area (Å²) in [5.74, 6) is 0.798. The van der Waals surface area contributed by atoms with Crippen molar-refractivity contribution in [3.8, 4) is 5.75 Å². The Morgan fingerprint density at radius 2 is 2.20 bits per heavy atom. The second-order valence-corrected chi connectivity index (χ2v) is 5.78. The maximum absolute atomic E-state index is 6.20. The third-order valence-corrected chi connectivity index (χ3v) is 4.33. The number of aryl methyl sites for hydroxylation is 2. The number of hydrogen-bond acceptors (Lipinski definition) is 3. The Bertz CT molecular complexity index is 613. The lowest BCUT2D eigenvalue weighted by atomic mass is 10.1. The third kappa shape index (κ3) is 3.34. The van der Waals surface area contributed by atoms with Gasteiger partial charge in [-0.15, -0.1) is 0 Å². The van der Waals surface area contributed by atoms with Crippen molar-refractivity contribution in [3.63, 3.8) is 0 Å². The summed E-state index contributed by atoms with van der Waals surface area (Å²) in [7, 11) is 1.86. The second-order valence-electron chi connectivity index (χ2n) is 4.55. The van der Waals surface area contributed by atoms with Crippen LogP contribution in [0.1, 0.15) is 17.0 Å². The molecule has 0 amide bonds. The summed E-state index contributed by atoms with van der Waals surface area (Å²) in [4.78, 5) is 0. The fourth-order valence-corrected chi connectivity index (χ4v) is 2.64. The molecule has 1 aromatic carbocycles. The van der Waals surface area contributed by atoms with Gasteiger partial charge in [-0.1, -0.05) is 27.5 Å². The number of benzene rings is 1. The predicted octanol–water partition coefficient (Wildman–Crippen LogP) is 3.22. The van der Waals surface area contributed by atoms with Crippen molar-refractivity contribution in [2.75, 3.05) is 6.54 Å².